The molecule has 0 radical (unpaired) electrons. The number of aromatic carboxylic acids is 1. The van der Waals surface area contributed by atoms with Crippen LogP contribution >= 0.6 is 0 Å². The van der Waals surface area contributed by atoms with E-state index >= 15 is 0 Å². The number of anilines is 1. The first-order valence-electron chi connectivity index (χ1n) is 6.05. The van der Waals surface area contributed by atoms with E-state index in [9.17, 15) is 14.5 Å². The number of aromatic amines is 1. The first-order chi connectivity index (χ1) is 10.6. The number of benzene rings is 1. The van der Waals surface area contributed by atoms with E-state index < -0.39 is 11.9 Å². The lowest BCUT2D eigenvalue weighted by atomic mass is 10.1. The smallest absolute Gasteiger partial charge is 0.371 e. The third kappa shape index (κ3) is 2.20. The zero-order chi connectivity index (χ0) is 15.7. The quantitative estimate of drug-likeness (QED) is 0.633. The molecule has 1 aromatic carbocycles. The van der Waals surface area contributed by atoms with E-state index in [1.54, 1.807) is 12.1 Å². The Balaban J connectivity index is 1.94. The van der Waals surface area contributed by atoms with Crippen molar-refractivity contribution >= 4 is 34.5 Å². The van der Waals surface area contributed by atoms with Crippen LogP contribution in [0.15, 0.2) is 39.9 Å². The summed E-state index contributed by atoms with van der Waals surface area (Å²) >= 11 is 0. The number of nitroso groups, excluding NO2 is 1. The number of aromatic nitrogens is 2. The second-order valence-electron chi connectivity index (χ2n) is 4.29. The maximum Gasteiger partial charge on any atom is 0.371 e. The number of furan rings is 1. The van der Waals surface area contributed by atoms with E-state index in [1.165, 1.54) is 18.2 Å². The first kappa shape index (κ1) is 13.5. The van der Waals surface area contributed by atoms with Crippen molar-refractivity contribution < 1.29 is 19.1 Å². The zero-order valence-electron chi connectivity index (χ0n) is 10.9. The molecule has 3 N–H and O–H groups in total. The number of carboxylic acid groups (broad SMARTS) is 1. The molecular formula is C13H8N4O5. The van der Waals surface area contributed by atoms with E-state index in [0.29, 0.717) is 5.52 Å². The van der Waals surface area contributed by atoms with Gasteiger partial charge in [-0.3, -0.25) is 9.89 Å². The fourth-order valence-corrected chi connectivity index (χ4v) is 1.93. The van der Waals surface area contributed by atoms with Gasteiger partial charge < -0.3 is 14.8 Å². The van der Waals surface area contributed by atoms with Crippen LogP contribution in [0.25, 0.3) is 11.1 Å². The Kier molecular flexibility index (Phi) is 3.14. The molecule has 0 spiro atoms. The highest BCUT2D eigenvalue weighted by Gasteiger charge is 2.19. The largest absolute Gasteiger partial charge is 0.475 e. The van der Waals surface area contributed by atoms with Crippen LogP contribution in [0.2, 0.25) is 0 Å². The number of rotatable bonds is 4. The average Bonchev–Trinajstić information content (AvgIpc) is 3.09. The molecule has 0 aliphatic carbocycles. The molecule has 0 aliphatic heterocycles. The minimum Gasteiger partial charge on any atom is -0.475 e. The van der Waals surface area contributed by atoms with Gasteiger partial charge in [0.1, 0.15) is 11.2 Å². The number of carboxylic acids is 1. The molecule has 0 atom stereocenters. The summed E-state index contributed by atoms with van der Waals surface area (Å²) in [5.41, 5.74) is 0.480. The molecule has 9 nitrogen and oxygen atoms in total. The Morgan fingerprint density at radius 2 is 2.09 bits per heavy atom. The molecule has 110 valence electrons. The summed E-state index contributed by atoms with van der Waals surface area (Å²) in [6.45, 7) is 0. The van der Waals surface area contributed by atoms with Gasteiger partial charge in [-0.15, -0.1) is 4.91 Å². The highest BCUT2D eigenvalue weighted by atomic mass is 16.4. The monoisotopic (exact) mass is 300 g/mol. The highest BCUT2D eigenvalue weighted by Crippen LogP contribution is 2.26. The lowest BCUT2D eigenvalue weighted by molar-refractivity contribution is 0.0665. The van der Waals surface area contributed by atoms with Gasteiger partial charge in [-0.05, 0) is 17.3 Å². The summed E-state index contributed by atoms with van der Waals surface area (Å²) in [7, 11) is 0. The number of carbonyl (C=O) groups is 2. The van der Waals surface area contributed by atoms with Crippen LogP contribution in [0.3, 0.4) is 0 Å². The van der Waals surface area contributed by atoms with E-state index in [4.69, 9.17) is 9.52 Å². The van der Waals surface area contributed by atoms with Crippen LogP contribution in [-0.2, 0) is 0 Å². The predicted molar refractivity (Wildman–Crippen MR) is 75.2 cm³/mol. The fraction of sp³-hybridized carbons (Fsp3) is 0. The van der Waals surface area contributed by atoms with Gasteiger partial charge in [0.25, 0.3) is 5.91 Å². The minimum absolute atomic E-state index is 0.0163. The molecule has 0 unspecified atom stereocenters. The summed E-state index contributed by atoms with van der Waals surface area (Å²) < 4.78 is 5.10. The van der Waals surface area contributed by atoms with Crippen molar-refractivity contribution in [1.82, 2.24) is 10.2 Å². The summed E-state index contributed by atoms with van der Waals surface area (Å²) in [5.74, 6) is -2.11. The van der Waals surface area contributed by atoms with E-state index in [2.05, 4.69) is 20.7 Å². The molecule has 3 aromatic rings. The molecule has 2 heterocycles. The zero-order valence-corrected chi connectivity index (χ0v) is 10.9. The van der Waals surface area contributed by atoms with Gasteiger partial charge in [0.2, 0.25) is 5.76 Å². The Labute approximate surface area is 121 Å². The summed E-state index contributed by atoms with van der Waals surface area (Å²) in [5, 5.41) is 20.4. The number of hydrogen-bond donors (Lipinski definition) is 3. The van der Waals surface area contributed by atoms with Gasteiger partial charge >= 0.3 is 5.97 Å². The molecular weight excluding hydrogens is 292 g/mol. The van der Waals surface area contributed by atoms with Crippen molar-refractivity contribution in [2.75, 3.05) is 5.32 Å². The number of amides is 1. The number of nitrogens with one attached hydrogen (secondary N) is 2. The average molecular weight is 300 g/mol. The predicted octanol–water partition coefficient (Wildman–Crippen LogP) is 2.50. The molecule has 0 fully saturated rings. The highest BCUT2D eigenvalue weighted by molar-refractivity contribution is 6.09. The SMILES string of the molecule is O=Nc1ccccc1C(=O)Nc1n[nH]c2cc(C(=O)O)oc12. The van der Waals surface area contributed by atoms with Crippen LogP contribution in [0.4, 0.5) is 11.5 Å². The molecule has 9 heteroatoms. The van der Waals surface area contributed by atoms with Crippen molar-refractivity contribution in [3.05, 3.63) is 46.6 Å². The summed E-state index contributed by atoms with van der Waals surface area (Å²) in [4.78, 5) is 33.7. The van der Waals surface area contributed by atoms with Crippen LogP contribution in [0.5, 0.6) is 0 Å². The molecule has 0 aliphatic rings. The molecule has 0 saturated carbocycles. The van der Waals surface area contributed by atoms with Crippen molar-refractivity contribution in [2.24, 2.45) is 5.18 Å². The standard InChI is InChI=1S/C13H8N4O5/c18-12(6-3-1-2-4-7(6)17-21)14-11-10-8(15-16-11)5-9(22-10)13(19)20/h1-5H,(H,19,20)(H2,14,15,16,18). The summed E-state index contributed by atoms with van der Waals surface area (Å²) in [6, 6.07) is 7.24. The van der Waals surface area contributed by atoms with Gasteiger partial charge in [0.05, 0.1) is 5.56 Å². The van der Waals surface area contributed by atoms with Gasteiger partial charge in [-0.25, -0.2) is 4.79 Å². The Bertz CT molecular complexity index is 895. The second kappa shape index (κ2) is 5.13. The molecule has 1 amide bonds. The minimum atomic E-state index is -1.24. The van der Waals surface area contributed by atoms with Crippen molar-refractivity contribution in [1.29, 1.82) is 0 Å². The normalized spacial score (nSPS) is 10.5. The third-order valence-corrected chi connectivity index (χ3v) is 2.93. The van der Waals surface area contributed by atoms with Gasteiger partial charge in [-0.1, -0.05) is 12.1 Å². The number of carbonyl (C=O) groups excluding carboxylic acids is 1. The van der Waals surface area contributed by atoms with Crippen molar-refractivity contribution in [3.8, 4) is 0 Å². The number of H-pyrrole nitrogens is 1. The Morgan fingerprint density at radius 3 is 2.82 bits per heavy atom. The van der Waals surface area contributed by atoms with Crippen LogP contribution in [-0.4, -0.2) is 27.2 Å². The van der Waals surface area contributed by atoms with E-state index in [1.807, 2.05) is 0 Å². The third-order valence-electron chi connectivity index (χ3n) is 2.93. The Hall–Kier alpha value is -3.49. The number of nitrogens with zero attached hydrogens (tertiary/aromatic N) is 2. The van der Waals surface area contributed by atoms with Crippen LogP contribution < -0.4 is 5.32 Å². The molecule has 0 bridgehead atoms. The van der Waals surface area contributed by atoms with Crippen molar-refractivity contribution in [2.45, 2.75) is 0 Å². The van der Waals surface area contributed by atoms with Crippen LogP contribution in [0, 0.1) is 4.91 Å². The van der Waals surface area contributed by atoms with Gasteiger partial charge in [0.15, 0.2) is 11.4 Å². The van der Waals surface area contributed by atoms with Crippen molar-refractivity contribution in [3.63, 3.8) is 0 Å². The molecule has 3 rings (SSSR count). The summed E-state index contributed by atoms with van der Waals surface area (Å²) in [6.07, 6.45) is 0. The number of fused-ring (bicyclic) bond motifs is 1. The Morgan fingerprint density at radius 1 is 1.32 bits per heavy atom. The van der Waals surface area contributed by atoms with E-state index in [-0.39, 0.29) is 28.4 Å². The second-order valence-corrected chi connectivity index (χ2v) is 4.29. The molecule has 22 heavy (non-hydrogen) atoms. The lowest BCUT2D eigenvalue weighted by Gasteiger charge is -2.03. The maximum absolute atomic E-state index is 12.2. The molecule has 0 saturated heterocycles. The topological polar surface area (TPSA) is 138 Å². The van der Waals surface area contributed by atoms with E-state index in [0.717, 1.165) is 0 Å². The van der Waals surface area contributed by atoms with Gasteiger partial charge in [-0.2, -0.15) is 5.10 Å². The van der Waals surface area contributed by atoms with Gasteiger partial charge in [0, 0.05) is 6.07 Å². The number of hydrogen-bond acceptors (Lipinski definition) is 6. The maximum atomic E-state index is 12.2. The fourth-order valence-electron chi connectivity index (χ4n) is 1.93. The van der Waals surface area contributed by atoms with Crippen LogP contribution in [0.1, 0.15) is 20.9 Å². The lowest BCUT2D eigenvalue weighted by Crippen LogP contribution is -2.12. The first-order valence-corrected chi connectivity index (χ1v) is 6.05. The molecule has 2 aromatic heterocycles.